The second-order valence-corrected chi connectivity index (χ2v) is 8.28. The molecule has 0 atom stereocenters. The number of aromatic nitrogens is 4. The van der Waals surface area contributed by atoms with Gasteiger partial charge in [0.15, 0.2) is 22.0 Å². The number of hydrogen-bond donors (Lipinski definition) is 2. The first kappa shape index (κ1) is 21.8. The van der Waals surface area contributed by atoms with E-state index in [-0.39, 0.29) is 11.2 Å². The Morgan fingerprint density at radius 1 is 1.16 bits per heavy atom. The van der Waals surface area contributed by atoms with Crippen molar-refractivity contribution in [2.75, 3.05) is 24.2 Å². The van der Waals surface area contributed by atoms with E-state index < -0.39 is 5.91 Å². The van der Waals surface area contributed by atoms with E-state index in [2.05, 4.69) is 39.5 Å². The fraction of sp³-hybridized carbons (Fsp3) is 0.318. The van der Waals surface area contributed by atoms with Gasteiger partial charge in [-0.15, -0.1) is 0 Å². The molecular formula is C22H24N6O3S. The van der Waals surface area contributed by atoms with Crippen LogP contribution >= 0.6 is 11.8 Å². The zero-order chi connectivity index (χ0) is 22.5. The quantitative estimate of drug-likeness (QED) is 0.294. The zero-order valence-corrected chi connectivity index (χ0v) is 18.7. The average molecular weight is 453 g/mol. The molecule has 1 aromatic carbocycles. The molecule has 3 aromatic heterocycles. The molecule has 0 aliphatic heterocycles. The van der Waals surface area contributed by atoms with Crippen LogP contribution in [0.15, 0.2) is 50.9 Å². The Balaban J connectivity index is 1.50. The van der Waals surface area contributed by atoms with Gasteiger partial charge in [0.1, 0.15) is 11.4 Å². The molecular weight excluding hydrogens is 428 g/mol. The van der Waals surface area contributed by atoms with Gasteiger partial charge in [-0.25, -0.2) is 14.6 Å². The van der Waals surface area contributed by atoms with E-state index in [0.29, 0.717) is 34.9 Å². The van der Waals surface area contributed by atoms with Crippen molar-refractivity contribution >= 4 is 45.5 Å². The van der Waals surface area contributed by atoms with Crippen LogP contribution in [0.25, 0.3) is 22.0 Å². The molecule has 2 N–H and O–H groups in total. The second-order valence-electron chi connectivity index (χ2n) is 7.05. The molecule has 32 heavy (non-hydrogen) atoms. The van der Waals surface area contributed by atoms with Crippen molar-refractivity contribution in [1.29, 1.82) is 0 Å². The summed E-state index contributed by atoms with van der Waals surface area (Å²) in [5.41, 5.74) is 0.842. The number of para-hydroxylation sites is 1. The highest BCUT2D eigenvalue weighted by Crippen LogP contribution is 2.24. The molecule has 0 saturated carbocycles. The standard InChI is InChI=1S/C22H24N6O3S/c1-3-9-23-19-15-13-25-28(20(15)27-22(26-19)32-4-2)11-10-24-21(30)18-12-16(29)14-7-5-6-8-17(14)31-18/h5-8,12-13H,3-4,9-11H2,1-2H3,(H,24,30)(H,23,26,27). The van der Waals surface area contributed by atoms with Crippen molar-refractivity contribution < 1.29 is 9.21 Å². The number of rotatable bonds is 9. The third-order valence-corrected chi connectivity index (χ3v) is 5.49. The van der Waals surface area contributed by atoms with E-state index in [4.69, 9.17) is 4.42 Å². The molecule has 0 radical (unpaired) electrons. The number of nitrogens with zero attached hydrogens (tertiary/aromatic N) is 4. The SMILES string of the molecule is CCCNc1nc(SCC)nc2c1cnn2CCNC(=O)c1cc(=O)c2ccccc2o1. The van der Waals surface area contributed by atoms with Gasteiger partial charge >= 0.3 is 0 Å². The first-order chi connectivity index (χ1) is 15.6. The third-order valence-electron chi connectivity index (χ3n) is 4.76. The second kappa shape index (κ2) is 9.82. The molecule has 0 spiro atoms. The van der Waals surface area contributed by atoms with Crippen LogP contribution in [0, 0.1) is 0 Å². The highest BCUT2D eigenvalue weighted by atomic mass is 32.2. The topological polar surface area (TPSA) is 115 Å². The number of amides is 1. The van der Waals surface area contributed by atoms with E-state index in [9.17, 15) is 9.59 Å². The lowest BCUT2D eigenvalue weighted by atomic mass is 10.2. The molecule has 1 amide bonds. The molecule has 166 valence electrons. The summed E-state index contributed by atoms with van der Waals surface area (Å²) in [5.74, 6) is 1.15. The molecule has 0 aliphatic carbocycles. The van der Waals surface area contributed by atoms with Gasteiger partial charge in [0.05, 0.1) is 23.5 Å². The summed E-state index contributed by atoms with van der Waals surface area (Å²) in [6.07, 6.45) is 2.71. The third kappa shape index (κ3) is 4.59. The molecule has 3 heterocycles. The Morgan fingerprint density at radius 2 is 2.00 bits per heavy atom. The van der Waals surface area contributed by atoms with Crippen molar-refractivity contribution in [3.8, 4) is 0 Å². The van der Waals surface area contributed by atoms with Crippen molar-refractivity contribution in [1.82, 2.24) is 25.1 Å². The summed E-state index contributed by atoms with van der Waals surface area (Å²) < 4.78 is 7.33. The van der Waals surface area contributed by atoms with Crippen LogP contribution in [0.3, 0.4) is 0 Å². The van der Waals surface area contributed by atoms with Gasteiger partial charge in [0.25, 0.3) is 5.91 Å². The summed E-state index contributed by atoms with van der Waals surface area (Å²) in [6.45, 7) is 5.66. The average Bonchev–Trinajstić information content (AvgIpc) is 3.20. The van der Waals surface area contributed by atoms with Gasteiger partial charge in [-0.3, -0.25) is 9.59 Å². The lowest BCUT2D eigenvalue weighted by molar-refractivity contribution is 0.0925. The fourth-order valence-electron chi connectivity index (χ4n) is 3.25. The van der Waals surface area contributed by atoms with Crippen molar-refractivity contribution in [3.63, 3.8) is 0 Å². The van der Waals surface area contributed by atoms with E-state index in [0.717, 1.165) is 29.9 Å². The van der Waals surface area contributed by atoms with Crippen LogP contribution in [0.4, 0.5) is 5.82 Å². The number of carbonyl (C=O) groups excluding carboxylic acids is 1. The molecule has 0 unspecified atom stereocenters. The van der Waals surface area contributed by atoms with Crippen molar-refractivity contribution in [2.24, 2.45) is 0 Å². The molecule has 4 aromatic rings. The minimum atomic E-state index is -0.452. The monoisotopic (exact) mass is 452 g/mol. The maximum atomic E-state index is 12.5. The van der Waals surface area contributed by atoms with Crippen LogP contribution in [0.1, 0.15) is 30.8 Å². The lowest BCUT2D eigenvalue weighted by Crippen LogP contribution is -2.28. The van der Waals surface area contributed by atoms with Gasteiger partial charge in [0, 0.05) is 19.2 Å². The Labute approximate surface area is 188 Å². The molecule has 0 fully saturated rings. The van der Waals surface area contributed by atoms with Gasteiger partial charge in [-0.05, 0) is 24.3 Å². The summed E-state index contributed by atoms with van der Waals surface area (Å²) in [4.78, 5) is 34.0. The molecule has 0 aliphatic rings. The Morgan fingerprint density at radius 3 is 2.81 bits per heavy atom. The summed E-state index contributed by atoms with van der Waals surface area (Å²) in [6, 6.07) is 8.06. The predicted molar refractivity (Wildman–Crippen MR) is 125 cm³/mol. The highest BCUT2D eigenvalue weighted by molar-refractivity contribution is 7.99. The number of anilines is 1. The predicted octanol–water partition coefficient (Wildman–Crippen LogP) is 3.30. The smallest absolute Gasteiger partial charge is 0.287 e. The summed E-state index contributed by atoms with van der Waals surface area (Å²) >= 11 is 1.56. The minimum Gasteiger partial charge on any atom is -0.451 e. The van der Waals surface area contributed by atoms with Crippen LogP contribution < -0.4 is 16.1 Å². The van der Waals surface area contributed by atoms with Gasteiger partial charge in [-0.2, -0.15) is 5.10 Å². The zero-order valence-electron chi connectivity index (χ0n) is 17.9. The molecule has 4 rings (SSSR count). The van der Waals surface area contributed by atoms with Crippen LogP contribution in [0.2, 0.25) is 0 Å². The van der Waals surface area contributed by atoms with Gasteiger partial charge in [0.2, 0.25) is 0 Å². The van der Waals surface area contributed by atoms with Gasteiger partial charge in [-0.1, -0.05) is 37.7 Å². The Bertz CT molecular complexity index is 1320. The Hall–Kier alpha value is -3.40. The minimum absolute atomic E-state index is 0.0194. The number of hydrogen-bond acceptors (Lipinski definition) is 8. The highest BCUT2D eigenvalue weighted by Gasteiger charge is 2.15. The van der Waals surface area contributed by atoms with Crippen LogP contribution in [-0.2, 0) is 6.54 Å². The summed E-state index contributed by atoms with van der Waals surface area (Å²) in [5, 5.41) is 12.5. The van der Waals surface area contributed by atoms with E-state index in [1.165, 1.54) is 6.07 Å². The summed E-state index contributed by atoms with van der Waals surface area (Å²) in [7, 11) is 0. The first-order valence-electron chi connectivity index (χ1n) is 10.5. The van der Waals surface area contributed by atoms with E-state index in [1.54, 1.807) is 46.9 Å². The number of thioether (sulfide) groups is 1. The first-order valence-corrected chi connectivity index (χ1v) is 11.5. The molecule has 9 nitrogen and oxygen atoms in total. The number of fused-ring (bicyclic) bond motifs is 2. The molecule has 0 bridgehead atoms. The van der Waals surface area contributed by atoms with E-state index in [1.807, 2.05) is 0 Å². The number of benzene rings is 1. The maximum absolute atomic E-state index is 12.5. The van der Waals surface area contributed by atoms with Crippen molar-refractivity contribution in [3.05, 3.63) is 52.5 Å². The normalized spacial score (nSPS) is 11.2. The molecule has 10 heteroatoms. The van der Waals surface area contributed by atoms with Crippen molar-refractivity contribution in [2.45, 2.75) is 32.0 Å². The van der Waals surface area contributed by atoms with Crippen LogP contribution in [0.5, 0.6) is 0 Å². The number of nitrogens with one attached hydrogen (secondary N) is 2. The Kier molecular flexibility index (Phi) is 6.69. The number of carbonyl (C=O) groups is 1. The fourth-order valence-corrected chi connectivity index (χ4v) is 3.81. The largest absolute Gasteiger partial charge is 0.451 e. The van der Waals surface area contributed by atoms with E-state index >= 15 is 0 Å². The maximum Gasteiger partial charge on any atom is 0.287 e. The van der Waals surface area contributed by atoms with Gasteiger partial charge < -0.3 is 15.1 Å². The molecule has 0 saturated heterocycles. The van der Waals surface area contributed by atoms with Crippen LogP contribution in [-0.4, -0.2) is 44.5 Å². The lowest BCUT2D eigenvalue weighted by Gasteiger charge is -2.09.